The van der Waals surface area contributed by atoms with E-state index in [-0.39, 0.29) is 29.5 Å². The number of carboxylic acid groups (broad SMARTS) is 1. The number of hydrogen-bond acceptors (Lipinski definition) is 3. The minimum atomic E-state index is -1.01. The Morgan fingerprint density at radius 2 is 1.96 bits per heavy atom. The number of carbonyl (C=O) groups excluding carboxylic acids is 1. The minimum absolute atomic E-state index is 0.0229. The van der Waals surface area contributed by atoms with Gasteiger partial charge in [-0.1, -0.05) is 6.07 Å². The molecule has 1 N–H and O–H groups in total. The maximum atomic E-state index is 13.7. The van der Waals surface area contributed by atoms with E-state index < -0.39 is 17.6 Å². The minimum Gasteiger partial charge on any atom is -0.478 e. The van der Waals surface area contributed by atoms with Gasteiger partial charge in [-0.05, 0) is 31.4 Å². The highest BCUT2D eigenvalue weighted by atomic mass is 19.1. The fourth-order valence-corrected chi connectivity index (χ4v) is 3.30. The maximum Gasteiger partial charge on any atom is 0.339 e. The number of aromatic nitrogens is 2. The Morgan fingerprint density at radius 1 is 1.27 bits per heavy atom. The molecule has 1 aromatic carbocycles. The summed E-state index contributed by atoms with van der Waals surface area (Å²) in [5, 5.41) is 13.3. The molecule has 1 aliphatic heterocycles. The van der Waals surface area contributed by atoms with Crippen molar-refractivity contribution in [3.05, 3.63) is 52.9 Å². The summed E-state index contributed by atoms with van der Waals surface area (Å²) in [6.45, 7) is 2.67. The van der Waals surface area contributed by atoms with Crippen LogP contribution >= 0.6 is 0 Å². The first-order valence-corrected chi connectivity index (χ1v) is 8.36. The molecule has 0 unspecified atom stereocenters. The number of halogens is 2. The van der Waals surface area contributed by atoms with Gasteiger partial charge in [0, 0.05) is 19.2 Å². The second-order valence-corrected chi connectivity index (χ2v) is 6.42. The number of nitrogens with zero attached hydrogens (tertiary/aromatic N) is 3. The molecule has 8 heteroatoms. The lowest BCUT2D eigenvalue weighted by Gasteiger charge is -2.32. The van der Waals surface area contributed by atoms with Gasteiger partial charge in [-0.3, -0.25) is 9.48 Å². The van der Waals surface area contributed by atoms with Crippen molar-refractivity contribution in [3.63, 3.8) is 0 Å². The van der Waals surface area contributed by atoms with Gasteiger partial charge >= 0.3 is 5.97 Å². The quantitative estimate of drug-likeness (QED) is 0.906. The molecule has 138 valence electrons. The van der Waals surface area contributed by atoms with Crippen LogP contribution < -0.4 is 0 Å². The third kappa shape index (κ3) is 3.58. The predicted octanol–water partition coefficient (Wildman–Crippen LogP) is 2.57. The number of carbonyl (C=O) groups is 2. The second kappa shape index (κ2) is 7.23. The van der Waals surface area contributed by atoms with Crippen molar-refractivity contribution in [1.82, 2.24) is 14.7 Å². The highest BCUT2D eigenvalue weighted by Gasteiger charge is 2.27. The molecule has 2 heterocycles. The van der Waals surface area contributed by atoms with E-state index in [1.54, 1.807) is 16.5 Å². The number of amides is 1. The summed E-state index contributed by atoms with van der Waals surface area (Å²) in [5.74, 6) is -2.61. The average molecular weight is 363 g/mol. The Hall–Kier alpha value is -2.77. The molecule has 0 aliphatic carbocycles. The molecule has 26 heavy (non-hydrogen) atoms. The predicted molar refractivity (Wildman–Crippen MR) is 88.8 cm³/mol. The van der Waals surface area contributed by atoms with E-state index in [1.165, 1.54) is 12.3 Å². The van der Waals surface area contributed by atoms with Gasteiger partial charge in [0.15, 0.2) is 0 Å². The summed E-state index contributed by atoms with van der Waals surface area (Å²) in [4.78, 5) is 25.1. The summed E-state index contributed by atoms with van der Waals surface area (Å²) >= 11 is 0. The standard InChI is InChI=1S/C18H19F2N3O3/c1-11-15(18(25)26)10-21-23(11)14-4-6-22(7-5-14)17(24)8-12-2-3-13(19)9-16(12)20/h2-3,9-10,14H,4-8H2,1H3,(H,25,26). The maximum absolute atomic E-state index is 13.7. The van der Waals surface area contributed by atoms with Crippen molar-refractivity contribution in [1.29, 1.82) is 0 Å². The van der Waals surface area contributed by atoms with E-state index in [1.807, 2.05) is 0 Å². The number of benzene rings is 1. The molecule has 1 fully saturated rings. The first kappa shape index (κ1) is 18.0. The Kier molecular flexibility index (Phi) is 5.01. The van der Waals surface area contributed by atoms with Crippen LogP contribution in [0.5, 0.6) is 0 Å². The number of rotatable bonds is 4. The zero-order chi connectivity index (χ0) is 18.8. The molecule has 2 aromatic rings. The number of aromatic carboxylic acids is 1. The van der Waals surface area contributed by atoms with Gasteiger partial charge < -0.3 is 10.0 Å². The molecule has 1 aromatic heterocycles. The van der Waals surface area contributed by atoms with Crippen LogP contribution in [0.2, 0.25) is 0 Å². The number of carboxylic acids is 1. The van der Waals surface area contributed by atoms with Crippen LogP contribution in [0.25, 0.3) is 0 Å². The fraction of sp³-hybridized carbons (Fsp3) is 0.389. The largest absolute Gasteiger partial charge is 0.478 e. The highest BCUT2D eigenvalue weighted by molar-refractivity contribution is 5.88. The molecule has 3 rings (SSSR count). The topological polar surface area (TPSA) is 75.4 Å². The van der Waals surface area contributed by atoms with Crippen molar-refractivity contribution < 1.29 is 23.5 Å². The first-order valence-electron chi connectivity index (χ1n) is 8.36. The van der Waals surface area contributed by atoms with Crippen LogP contribution in [0.1, 0.15) is 40.5 Å². The molecule has 1 amide bonds. The van der Waals surface area contributed by atoms with Gasteiger partial charge in [0.2, 0.25) is 5.91 Å². The van der Waals surface area contributed by atoms with E-state index in [0.29, 0.717) is 31.6 Å². The third-order valence-electron chi connectivity index (χ3n) is 4.79. The Morgan fingerprint density at radius 3 is 2.54 bits per heavy atom. The summed E-state index contributed by atoms with van der Waals surface area (Å²) < 4.78 is 28.4. The molecule has 6 nitrogen and oxygen atoms in total. The molecular formula is C18H19F2N3O3. The molecule has 1 aliphatic rings. The summed E-state index contributed by atoms with van der Waals surface area (Å²) in [5.41, 5.74) is 0.943. The fourth-order valence-electron chi connectivity index (χ4n) is 3.30. The summed E-state index contributed by atoms with van der Waals surface area (Å²) in [7, 11) is 0. The van der Waals surface area contributed by atoms with Crippen LogP contribution in [0.4, 0.5) is 8.78 Å². The van der Waals surface area contributed by atoms with Gasteiger partial charge in [0.1, 0.15) is 17.2 Å². The van der Waals surface area contributed by atoms with Crippen LogP contribution in [0.3, 0.4) is 0 Å². The Labute approximate surface area is 149 Å². The van der Waals surface area contributed by atoms with Crippen molar-refractivity contribution in [3.8, 4) is 0 Å². The Bertz CT molecular complexity index is 842. The highest BCUT2D eigenvalue weighted by Crippen LogP contribution is 2.25. The molecule has 0 bridgehead atoms. The second-order valence-electron chi connectivity index (χ2n) is 6.42. The summed E-state index contributed by atoms with van der Waals surface area (Å²) in [6, 6.07) is 3.22. The monoisotopic (exact) mass is 363 g/mol. The van der Waals surface area contributed by atoms with Crippen molar-refractivity contribution in [2.24, 2.45) is 0 Å². The average Bonchev–Trinajstić information content (AvgIpc) is 2.99. The van der Waals surface area contributed by atoms with Crippen LogP contribution in [0.15, 0.2) is 24.4 Å². The van der Waals surface area contributed by atoms with Crippen molar-refractivity contribution in [2.45, 2.75) is 32.2 Å². The molecule has 0 radical (unpaired) electrons. The lowest BCUT2D eigenvalue weighted by molar-refractivity contribution is -0.131. The van der Waals surface area contributed by atoms with E-state index in [9.17, 15) is 18.4 Å². The van der Waals surface area contributed by atoms with Crippen LogP contribution in [-0.4, -0.2) is 44.8 Å². The smallest absolute Gasteiger partial charge is 0.339 e. The molecule has 0 saturated carbocycles. The SMILES string of the molecule is Cc1c(C(=O)O)cnn1C1CCN(C(=O)Cc2ccc(F)cc2F)CC1. The Balaban J connectivity index is 1.61. The van der Waals surface area contributed by atoms with Crippen molar-refractivity contribution in [2.75, 3.05) is 13.1 Å². The van der Waals surface area contributed by atoms with Gasteiger partial charge in [-0.25, -0.2) is 13.6 Å². The molecule has 0 spiro atoms. The van der Waals surface area contributed by atoms with E-state index >= 15 is 0 Å². The molecule has 0 atom stereocenters. The zero-order valence-corrected chi connectivity index (χ0v) is 14.3. The van der Waals surface area contributed by atoms with E-state index in [2.05, 4.69) is 5.10 Å². The zero-order valence-electron chi connectivity index (χ0n) is 14.3. The van der Waals surface area contributed by atoms with Crippen LogP contribution in [0, 0.1) is 18.6 Å². The molecular weight excluding hydrogens is 344 g/mol. The van der Waals surface area contributed by atoms with Crippen molar-refractivity contribution >= 4 is 11.9 Å². The number of likely N-dealkylation sites (tertiary alicyclic amines) is 1. The normalized spacial score (nSPS) is 15.3. The van der Waals surface area contributed by atoms with Gasteiger partial charge in [0.25, 0.3) is 0 Å². The lowest BCUT2D eigenvalue weighted by Crippen LogP contribution is -2.40. The van der Waals surface area contributed by atoms with Gasteiger partial charge in [-0.2, -0.15) is 5.10 Å². The molecule has 1 saturated heterocycles. The number of piperidine rings is 1. The first-order chi connectivity index (χ1) is 12.4. The van der Waals surface area contributed by atoms with Crippen LogP contribution in [-0.2, 0) is 11.2 Å². The van der Waals surface area contributed by atoms with Gasteiger partial charge in [-0.15, -0.1) is 0 Å². The summed E-state index contributed by atoms with van der Waals surface area (Å²) in [6.07, 6.45) is 2.51. The van der Waals surface area contributed by atoms with Gasteiger partial charge in [0.05, 0.1) is 24.4 Å². The van der Waals surface area contributed by atoms with E-state index in [4.69, 9.17) is 5.11 Å². The third-order valence-corrected chi connectivity index (χ3v) is 4.79. The lowest BCUT2D eigenvalue weighted by atomic mass is 10.0. The number of hydrogen-bond donors (Lipinski definition) is 1. The van der Waals surface area contributed by atoms with E-state index in [0.717, 1.165) is 12.1 Å².